The van der Waals surface area contributed by atoms with E-state index in [1.165, 1.54) is 18.2 Å². The van der Waals surface area contributed by atoms with E-state index in [0.717, 1.165) is 11.3 Å². The van der Waals surface area contributed by atoms with Crippen LogP contribution in [0, 0.1) is 0 Å². The Hall–Kier alpha value is -3.83. The van der Waals surface area contributed by atoms with Gasteiger partial charge in [0.15, 0.2) is 5.78 Å². The Labute approximate surface area is 178 Å². The molecule has 0 saturated heterocycles. The lowest BCUT2D eigenvalue weighted by molar-refractivity contribution is 0.104. The Morgan fingerprint density at radius 1 is 0.867 bits per heavy atom. The zero-order chi connectivity index (χ0) is 21.1. The van der Waals surface area contributed by atoms with Gasteiger partial charge in [-0.25, -0.2) is 4.68 Å². The smallest absolute Gasteiger partial charge is 0.185 e. The molecular formula is C24H17ClN2O3. The van der Waals surface area contributed by atoms with Gasteiger partial charge in [0.2, 0.25) is 0 Å². The molecule has 4 rings (SSSR count). The number of carbonyl (C=O) groups is 1. The van der Waals surface area contributed by atoms with Gasteiger partial charge in [-0.15, -0.1) is 0 Å². The highest BCUT2D eigenvalue weighted by atomic mass is 35.5. The molecule has 30 heavy (non-hydrogen) atoms. The maximum absolute atomic E-state index is 12.5. The number of para-hydroxylation sites is 1. The number of hydrogen-bond acceptors (Lipinski definition) is 4. The molecule has 4 aromatic rings. The number of aromatic hydroxyl groups is 2. The van der Waals surface area contributed by atoms with Crippen LogP contribution >= 0.6 is 11.6 Å². The van der Waals surface area contributed by atoms with Gasteiger partial charge in [0, 0.05) is 16.7 Å². The maximum atomic E-state index is 12.5. The van der Waals surface area contributed by atoms with Crippen LogP contribution in [0.5, 0.6) is 11.5 Å². The quantitative estimate of drug-likeness (QED) is 0.332. The predicted molar refractivity (Wildman–Crippen MR) is 117 cm³/mol. The van der Waals surface area contributed by atoms with Crippen LogP contribution in [0.15, 0.2) is 84.9 Å². The summed E-state index contributed by atoms with van der Waals surface area (Å²) in [6.07, 6.45) is 3.06. The zero-order valence-electron chi connectivity index (χ0n) is 15.7. The minimum absolute atomic E-state index is 0.0947. The minimum Gasteiger partial charge on any atom is -0.508 e. The molecule has 6 heteroatoms. The number of carbonyl (C=O) groups excluding carboxylic acids is 1. The Kier molecular flexibility index (Phi) is 5.37. The van der Waals surface area contributed by atoms with E-state index in [0.29, 0.717) is 22.0 Å². The van der Waals surface area contributed by atoms with Crippen molar-refractivity contribution >= 4 is 23.5 Å². The molecule has 0 radical (unpaired) electrons. The van der Waals surface area contributed by atoms with Crippen molar-refractivity contribution < 1.29 is 15.0 Å². The lowest BCUT2D eigenvalue weighted by atomic mass is 10.1. The summed E-state index contributed by atoms with van der Waals surface area (Å²) < 4.78 is 1.61. The Morgan fingerprint density at radius 2 is 1.47 bits per heavy atom. The number of benzene rings is 3. The van der Waals surface area contributed by atoms with Gasteiger partial charge in [0.1, 0.15) is 22.3 Å². The van der Waals surface area contributed by atoms with Crippen LogP contribution in [0.1, 0.15) is 15.9 Å². The third-order valence-corrected chi connectivity index (χ3v) is 4.92. The van der Waals surface area contributed by atoms with E-state index in [9.17, 15) is 15.0 Å². The SMILES string of the molecule is O=C(/C=C/c1c(-c2ccc(O)cc2)nn(-c2ccccc2)c1Cl)c1ccc(O)cc1. The van der Waals surface area contributed by atoms with Crippen molar-refractivity contribution in [3.63, 3.8) is 0 Å². The first-order chi connectivity index (χ1) is 14.5. The van der Waals surface area contributed by atoms with Crippen molar-refractivity contribution in [2.75, 3.05) is 0 Å². The Morgan fingerprint density at radius 3 is 2.10 bits per heavy atom. The highest BCUT2D eigenvalue weighted by molar-refractivity contribution is 6.32. The fourth-order valence-electron chi connectivity index (χ4n) is 3.01. The molecule has 0 spiro atoms. The summed E-state index contributed by atoms with van der Waals surface area (Å²) in [5.74, 6) is 0.0134. The van der Waals surface area contributed by atoms with Crippen LogP contribution in [0.2, 0.25) is 5.15 Å². The Bertz CT molecular complexity index is 1210. The third-order valence-electron chi connectivity index (χ3n) is 4.56. The summed E-state index contributed by atoms with van der Waals surface area (Å²) in [6, 6.07) is 22.1. The van der Waals surface area contributed by atoms with Crippen LogP contribution in [-0.2, 0) is 0 Å². The van der Waals surface area contributed by atoms with Gasteiger partial charge < -0.3 is 10.2 Å². The molecule has 0 fully saturated rings. The summed E-state index contributed by atoms with van der Waals surface area (Å²) in [6.45, 7) is 0. The van der Waals surface area contributed by atoms with Crippen molar-refractivity contribution in [1.29, 1.82) is 0 Å². The van der Waals surface area contributed by atoms with E-state index in [1.807, 2.05) is 30.3 Å². The van der Waals surface area contributed by atoms with Gasteiger partial charge in [-0.3, -0.25) is 4.79 Å². The summed E-state index contributed by atoms with van der Waals surface area (Å²) in [4.78, 5) is 12.5. The van der Waals surface area contributed by atoms with Crippen LogP contribution in [-0.4, -0.2) is 25.8 Å². The van der Waals surface area contributed by atoms with Crippen LogP contribution in [0.4, 0.5) is 0 Å². The maximum Gasteiger partial charge on any atom is 0.185 e. The molecular weight excluding hydrogens is 400 g/mol. The summed E-state index contributed by atoms with van der Waals surface area (Å²) >= 11 is 6.65. The van der Waals surface area contributed by atoms with Crippen LogP contribution in [0.25, 0.3) is 23.0 Å². The predicted octanol–water partition coefficient (Wildman–Crippen LogP) is 5.50. The number of phenols is 2. The molecule has 0 aliphatic carbocycles. The molecule has 0 atom stereocenters. The second-order valence-electron chi connectivity index (χ2n) is 6.59. The normalized spacial score (nSPS) is 11.1. The summed E-state index contributed by atoms with van der Waals surface area (Å²) in [5.41, 5.74) is 3.15. The van der Waals surface area contributed by atoms with Crippen molar-refractivity contribution in [1.82, 2.24) is 9.78 Å². The van der Waals surface area contributed by atoms with Gasteiger partial charge in [-0.1, -0.05) is 29.8 Å². The number of allylic oxidation sites excluding steroid dienone is 1. The fraction of sp³-hybridized carbons (Fsp3) is 0. The monoisotopic (exact) mass is 416 g/mol. The topological polar surface area (TPSA) is 75.3 Å². The highest BCUT2D eigenvalue weighted by Gasteiger charge is 2.17. The molecule has 148 valence electrons. The van der Waals surface area contributed by atoms with Crippen molar-refractivity contribution in [2.24, 2.45) is 0 Å². The van der Waals surface area contributed by atoms with E-state index in [2.05, 4.69) is 5.10 Å². The minimum atomic E-state index is -0.227. The lowest BCUT2D eigenvalue weighted by Gasteiger charge is -2.02. The van der Waals surface area contributed by atoms with Crippen molar-refractivity contribution in [3.8, 4) is 28.4 Å². The van der Waals surface area contributed by atoms with Crippen LogP contribution in [0.3, 0.4) is 0 Å². The van der Waals surface area contributed by atoms with E-state index in [-0.39, 0.29) is 17.3 Å². The van der Waals surface area contributed by atoms with Gasteiger partial charge >= 0.3 is 0 Å². The first kappa shape index (κ1) is 19.5. The largest absolute Gasteiger partial charge is 0.508 e. The lowest BCUT2D eigenvalue weighted by Crippen LogP contribution is -1.96. The molecule has 0 saturated carbocycles. The van der Waals surface area contributed by atoms with E-state index >= 15 is 0 Å². The second kappa shape index (κ2) is 8.27. The molecule has 0 amide bonds. The number of nitrogens with zero attached hydrogens (tertiary/aromatic N) is 2. The van der Waals surface area contributed by atoms with Crippen LogP contribution < -0.4 is 0 Å². The van der Waals surface area contributed by atoms with Crippen molar-refractivity contribution in [2.45, 2.75) is 0 Å². The van der Waals surface area contributed by atoms with E-state index < -0.39 is 0 Å². The molecule has 0 aliphatic heterocycles. The van der Waals surface area contributed by atoms with E-state index in [1.54, 1.807) is 47.2 Å². The van der Waals surface area contributed by atoms with Gasteiger partial charge in [0.25, 0.3) is 0 Å². The number of rotatable bonds is 5. The molecule has 0 aliphatic rings. The molecule has 2 N–H and O–H groups in total. The fourth-order valence-corrected chi connectivity index (χ4v) is 3.30. The van der Waals surface area contributed by atoms with Gasteiger partial charge in [0.05, 0.1) is 5.69 Å². The summed E-state index contributed by atoms with van der Waals surface area (Å²) in [7, 11) is 0. The standard InChI is InChI=1S/C24H17ClN2O3/c25-24-21(14-15-22(30)16-6-10-19(28)11-7-16)23(17-8-12-20(29)13-9-17)26-27(24)18-4-2-1-3-5-18/h1-15,28-29H/b15-14+. The molecule has 5 nitrogen and oxygen atoms in total. The Balaban J connectivity index is 1.78. The first-order valence-corrected chi connectivity index (χ1v) is 9.55. The number of aromatic nitrogens is 2. The van der Waals surface area contributed by atoms with Crippen molar-refractivity contribution in [3.05, 3.63) is 101 Å². The average Bonchev–Trinajstić information content (AvgIpc) is 3.10. The number of phenolic OH excluding ortho intramolecular Hbond substituents is 2. The second-order valence-corrected chi connectivity index (χ2v) is 6.95. The highest BCUT2D eigenvalue weighted by Crippen LogP contribution is 2.32. The number of halogens is 1. The molecule has 0 bridgehead atoms. The number of hydrogen-bond donors (Lipinski definition) is 2. The molecule has 0 unspecified atom stereocenters. The average molecular weight is 417 g/mol. The van der Waals surface area contributed by atoms with E-state index in [4.69, 9.17) is 11.6 Å². The molecule has 3 aromatic carbocycles. The van der Waals surface area contributed by atoms with Gasteiger partial charge in [-0.2, -0.15) is 5.10 Å². The summed E-state index contributed by atoms with van der Waals surface area (Å²) in [5, 5.41) is 24.0. The zero-order valence-corrected chi connectivity index (χ0v) is 16.5. The molecule has 1 aromatic heterocycles. The first-order valence-electron chi connectivity index (χ1n) is 9.18. The molecule has 1 heterocycles. The van der Waals surface area contributed by atoms with Gasteiger partial charge in [-0.05, 0) is 72.8 Å². The third kappa shape index (κ3) is 3.97. The number of ketones is 1.